The average molecular weight is 405 g/mol. The third-order valence-electron chi connectivity index (χ3n) is 3.01. The Kier molecular flexibility index (Phi) is 5.76. The van der Waals surface area contributed by atoms with Gasteiger partial charge >= 0.3 is 0 Å². The van der Waals surface area contributed by atoms with Gasteiger partial charge in [0.25, 0.3) is 0 Å². The molecule has 4 fully saturated rings. The van der Waals surface area contributed by atoms with E-state index in [1.807, 2.05) is 0 Å². The largest absolute Gasteiger partial charge is 0.145 e. The molecule has 0 radical (unpaired) electrons. The van der Waals surface area contributed by atoms with Gasteiger partial charge in [-0.3, -0.25) is 0 Å². The van der Waals surface area contributed by atoms with Crippen molar-refractivity contribution < 1.29 is 0 Å². The van der Waals surface area contributed by atoms with Gasteiger partial charge in [-0.2, -0.15) is 0 Å². The van der Waals surface area contributed by atoms with E-state index in [2.05, 4.69) is 94.1 Å². The summed E-state index contributed by atoms with van der Waals surface area (Å²) in [6, 6.07) is 0. The third-order valence-corrected chi connectivity index (χ3v) is 16.8. The van der Waals surface area contributed by atoms with E-state index in [0.29, 0.717) is 0 Å². The summed E-state index contributed by atoms with van der Waals surface area (Å²) >= 11 is 18.0. The molecule has 4 aliphatic rings. The summed E-state index contributed by atoms with van der Waals surface area (Å²) in [5, 5.41) is 0. The molecule has 0 aliphatic carbocycles. The van der Waals surface area contributed by atoms with Crippen molar-refractivity contribution in [2.24, 2.45) is 0 Å². The molecule has 0 N–H and O–H groups in total. The molecule has 0 amide bonds. The van der Waals surface area contributed by atoms with Gasteiger partial charge in [-0.15, -0.1) is 94.1 Å². The van der Waals surface area contributed by atoms with Gasteiger partial charge < -0.3 is 0 Å². The molecule has 108 valence electrons. The number of fused-ring (bicyclic) bond motifs is 1. The summed E-state index contributed by atoms with van der Waals surface area (Å²) < 4.78 is 5.22. The van der Waals surface area contributed by atoms with Crippen molar-refractivity contribution in [3.63, 3.8) is 0 Å². The molecular weight excluding hydrogens is 389 g/mol. The zero-order chi connectivity index (χ0) is 12.7. The molecule has 6 atom stereocenters. The summed E-state index contributed by atoms with van der Waals surface area (Å²) in [4.78, 5) is 0. The second-order valence-corrected chi connectivity index (χ2v) is 16.7. The van der Waals surface area contributed by atoms with Crippen molar-refractivity contribution in [2.75, 3.05) is 23.0 Å². The quantitative estimate of drug-likeness (QED) is 0.575. The zero-order valence-electron chi connectivity index (χ0n) is 10.3. The van der Waals surface area contributed by atoms with Crippen molar-refractivity contribution in [1.29, 1.82) is 0 Å². The number of thioether (sulfide) groups is 8. The van der Waals surface area contributed by atoms with E-state index >= 15 is 0 Å². The van der Waals surface area contributed by atoms with E-state index in [1.165, 1.54) is 29.4 Å². The lowest BCUT2D eigenvalue weighted by molar-refractivity contribution is 1.13. The van der Waals surface area contributed by atoms with Gasteiger partial charge in [-0.25, -0.2) is 0 Å². The zero-order valence-corrected chi connectivity index (χ0v) is 16.8. The number of hydrogen-bond acceptors (Lipinski definition) is 8. The molecule has 4 heterocycles. The van der Waals surface area contributed by atoms with Crippen LogP contribution in [0.5, 0.6) is 0 Å². The van der Waals surface area contributed by atoms with Crippen LogP contribution in [0.15, 0.2) is 0 Å². The predicted octanol–water partition coefficient (Wildman–Crippen LogP) is 5.25. The first-order valence-electron chi connectivity index (χ1n) is 6.47. The minimum absolute atomic E-state index is 0.837. The molecule has 4 saturated heterocycles. The minimum Gasteiger partial charge on any atom is -0.145 e. The van der Waals surface area contributed by atoms with Crippen LogP contribution in [0.2, 0.25) is 0 Å². The molecule has 0 saturated carbocycles. The first-order chi connectivity index (χ1) is 9.38. The van der Waals surface area contributed by atoms with E-state index in [0.717, 1.165) is 27.5 Å². The first kappa shape index (κ1) is 15.3. The summed E-state index contributed by atoms with van der Waals surface area (Å²) in [5.41, 5.74) is 0. The number of hydrogen-bond donors (Lipinski definition) is 0. The molecule has 0 aromatic heterocycles. The second kappa shape index (κ2) is 7.14. The lowest BCUT2D eigenvalue weighted by atomic mass is 10.6. The van der Waals surface area contributed by atoms with Crippen LogP contribution in [0.25, 0.3) is 0 Å². The van der Waals surface area contributed by atoms with Crippen LogP contribution in [0, 0.1) is 0 Å². The standard InChI is InChI=1S/C11H16S8/c1-2-12-8-9(13-3-1)19-11(17-7-5-15-7)10(18-8)16-6-4-14-6/h6-11H,1-5H2. The monoisotopic (exact) mass is 404 g/mol. The van der Waals surface area contributed by atoms with Crippen molar-refractivity contribution in [3.8, 4) is 0 Å². The van der Waals surface area contributed by atoms with E-state index in [9.17, 15) is 0 Å². The van der Waals surface area contributed by atoms with Gasteiger partial charge in [0.1, 0.15) is 0 Å². The normalized spacial score (nSPS) is 49.3. The Bertz CT molecular complexity index is 288. The van der Waals surface area contributed by atoms with Crippen molar-refractivity contribution in [2.45, 2.75) is 33.9 Å². The lowest BCUT2D eigenvalue weighted by Gasteiger charge is -2.38. The van der Waals surface area contributed by atoms with Crippen LogP contribution in [0.1, 0.15) is 6.42 Å². The molecule has 19 heavy (non-hydrogen) atoms. The number of rotatable bonds is 4. The van der Waals surface area contributed by atoms with Gasteiger partial charge in [-0.05, 0) is 17.9 Å². The molecule has 0 spiro atoms. The minimum atomic E-state index is 0.837. The highest BCUT2D eigenvalue weighted by Gasteiger charge is 2.44. The maximum absolute atomic E-state index is 2.32. The van der Waals surface area contributed by atoms with Gasteiger partial charge in [-0.1, -0.05) is 0 Å². The average Bonchev–Trinajstić information content (AvgIpc) is 3.26. The van der Waals surface area contributed by atoms with Gasteiger partial charge in [0, 0.05) is 11.5 Å². The lowest BCUT2D eigenvalue weighted by Crippen LogP contribution is -2.30. The van der Waals surface area contributed by atoms with E-state index in [-0.39, 0.29) is 0 Å². The van der Waals surface area contributed by atoms with Gasteiger partial charge in [0.15, 0.2) is 0 Å². The fourth-order valence-corrected chi connectivity index (χ4v) is 16.1. The highest BCUT2D eigenvalue weighted by Crippen LogP contribution is 2.61. The molecule has 4 aliphatic heterocycles. The SMILES string of the molecule is C1CSC2SC(SC3CS3)C(SC3CS3)SC2SC1. The molecule has 6 unspecified atom stereocenters. The Morgan fingerprint density at radius 2 is 1.16 bits per heavy atom. The van der Waals surface area contributed by atoms with Crippen LogP contribution in [0.3, 0.4) is 0 Å². The summed E-state index contributed by atoms with van der Waals surface area (Å²) in [7, 11) is 0. The molecule has 0 aromatic rings. The Labute approximate surface area is 149 Å². The Balaban J connectivity index is 1.43. The second-order valence-electron chi connectivity index (χ2n) is 4.64. The summed E-state index contributed by atoms with van der Waals surface area (Å²) in [6.45, 7) is 0. The molecule has 0 aromatic carbocycles. The van der Waals surface area contributed by atoms with Crippen LogP contribution in [0.4, 0.5) is 0 Å². The molecule has 0 bridgehead atoms. The van der Waals surface area contributed by atoms with E-state index in [1.54, 1.807) is 0 Å². The Morgan fingerprint density at radius 1 is 0.684 bits per heavy atom. The summed E-state index contributed by atoms with van der Waals surface area (Å²) in [6.07, 6.45) is 1.41. The molecule has 0 nitrogen and oxygen atoms in total. The van der Waals surface area contributed by atoms with Crippen molar-refractivity contribution in [1.82, 2.24) is 0 Å². The van der Waals surface area contributed by atoms with Gasteiger partial charge in [0.05, 0.1) is 27.5 Å². The first-order valence-corrected chi connectivity index (χ1v) is 14.4. The fraction of sp³-hybridized carbons (Fsp3) is 1.00. The maximum atomic E-state index is 2.32. The Morgan fingerprint density at radius 3 is 1.58 bits per heavy atom. The van der Waals surface area contributed by atoms with Crippen LogP contribution in [-0.2, 0) is 0 Å². The highest BCUT2D eigenvalue weighted by molar-refractivity contribution is 8.37. The van der Waals surface area contributed by atoms with Crippen LogP contribution in [-0.4, -0.2) is 50.5 Å². The topological polar surface area (TPSA) is 0 Å². The smallest absolute Gasteiger partial charge is 0.0736 e. The molecule has 8 heteroatoms. The van der Waals surface area contributed by atoms with E-state index < -0.39 is 0 Å². The van der Waals surface area contributed by atoms with Crippen molar-refractivity contribution >= 4 is 94.1 Å². The Hall–Kier alpha value is 2.80. The van der Waals surface area contributed by atoms with Crippen molar-refractivity contribution in [3.05, 3.63) is 0 Å². The van der Waals surface area contributed by atoms with Gasteiger partial charge in [0.2, 0.25) is 0 Å². The fourth-order valence-electron chi connectivity index (χ4n) is 1.94. The highest BCUT2D eigenvalue weighted by atomic mass is 32.3. The predicted molar refractivity (Wildman–Crippen MR) is 108 cm³/mol. The third kappa shape index (κ3) is 4.42. The molecule has 4 rings (SSSR count). The van der Waals surface area contributed by atoms with Crippen LogP contribution >= 0.6 is 94.1 Å². The van der Waals surface area contributed by atoms with E-state index in [4.69, 9.17) is 0 Å². The summed E-state index contributed by atoms with van der Waals surface area (Å²) in [5.74, 6) is 5.57. The molecular formula is C11H16S8. The van der Waals surface area contributed by atoms with Crippen LogP contribution < -0.4 is 0 Å². The maximum Gasteiger partial charge on any atom is 0.0736 e.